The normalized spacial score (nSPS) is 13.1. The second-order valence-electron chi connectivity index (χ2n) is 7.87. The zero-order valence-electron chi connectivity index (χ0n) is 17.4. The maximum Gasteiger partial charge on any atom is 0.282 e. The van der Waals surface area contributed by atoms with Crippen LogP contribution in [0.5, 0.6) is 0 Å². The number of fused-ring (bicyclic) bond motifs is 1. The highest BCUT2D eigenvalue weighted by Crippen LogP contribution is 2.29. The molecule has 4 rings (SSSR count). The third-order valence-corrected chi connectivity index (χ3v) is 5.66. The minimum Gasteiger partial charge on any atom is -0.361 e. The van der Waals surface area contributed by atoms with Crippen LogP contribution >= 0.6 is 0 Å². The molecule has 30 heavy (non-hydrogen) atoms. The van der Waals surface area contributed by atoms with E-state index in [-0.39, 0.29) is 17.9 Å². The molecular weight excluding hydrogens is 370 g/mol. The van der Waals surface area contributed by atoms with Crippen molar-refractivity contribution in [2.45, 2.75) is 25.8 Å². The number of benzene rings is 3. The maximum atomic E-state index is 12.7. The van der Waals surface area contributed by atoms with Crippen LogP contribution in [-0.2, 0) is 4.79 Å². The van der Waals surface area contributed by atoms with E-state index in [1.54, 1.807) is 0 Å². The highest BCUT2D eigenvalue weighted by Gasteiger charge is 2.23. The lowest BCUT2D eigenvalue weighted by molar-refractivity contribution is -0.674. The summed E-state index contributed by atoms with van der Waals surface area (Å²) in [5.41, 5.74) is 5.67. The number of hydrogen-bond acceptors (Lipinski definition) is 1. The Balaban J connectivity index is 1.51. The molecule has 0 fully saturated rings. The predicted octanol–water partition coefficient (Wildman–Crippen LogP) is 4.20. The molecule has 1 aromatic heterocycles. The van der Waals surface area contributed by atoms with Crippen LogP contribution in [-0.4, -0.2) is 23.5 Å². The quantitative estimate of drug-likeness (QED) is 0.429. The van der Waals surface area contributed by atoms with Crippen LogP contribution in [0.15, 0.2) is 85.1 Å². The Morgan fingerprint density at radius 1 is 0.967 bits per heavy atom. The Bertz CT molecular complexity index is 1120. The van der Waals surface area contributed by atoms with E-state index in [9.17, 15) is 4.79 Å². The van der Waals surface area contributed by atoms with E-state index in [2.05, 4.69) is 64.3 Å². The number of quaternary nitrogens is 1. The van der Waals surface area contributed by atoms with Crippen LogP contribution in [0.25, 0.3) is 10.9 Å². The van der Waals surface area contributed by atoms with Gasteiger partial charge >= 0.3 is 0 Å². The fraction of sp³-hybridized carbons (Fsp3) is 0.192. The second kappa shape index (κ2) is 8.97. The van der Waals surface area contributed by atoms with Gasteiger partial charge in [-0.1, -0.05) is 66.2 Å². The van der Waals surface area contributed by atoms with Crippen molar-refractivity contribution in [3.05, 3.63) is 102 Å². The van der Waals surface area contributed by atoms with Crippen molar-refractivity contribution in [1.29, 1.82) is 0 Å². The summed E-state index contributed by atoms with van der Waals surface area (Å²) in [6, 6.07) is 26.6. The number of amides is 1. The maximum absolute atomic E-state index is 12.7. The molecule has 2 atom stereocenters. The number of aromatic amines is 1. The molecule has 0 bridgehead atoms. The van der Waals surface area contributed by atoms with E-state index >= 15 is 0 Å². The van der Waals surface area contributed by atoms with E-state index in [4.69, 9.17) is 0 Å². The van der Waals surface area contributed by atoms with Crippen molar-refractivity contribution in [1.82, 2.24) is 4.98 Å². The van der Waals surface area contributed by atoms with E-state index in [0.29, 0.717) is 0 Å². The van der Waals surface area contributed by atoms with Gasteiger partial charge in [-0.25, -0.2) is 0 Å². The average Bonchev–Trinajstić information content (AvgIpc) is 3.20. The zero-order chi connectivity index (χ0) is 20.9. The van der Waals surface area contributed by atoms with Crippen molar-refractivity contribution in [2.24, 2.45) is 0 Å². The monoisotopic (exact) mass is 398 g/mol. The van der Waals surface area contributed by atoms with Gasteiger partial charge in [-0.3, -0.25) is 4.79 Å². The average molecular weight is 399 g/mol. The van der Waals surface area contributed by atoms with Gasteiger partial charge in [-0.2, -0.15) is 0 Å². The number of aromatic nitrogens is 1. The fourth-order valence-corrected chi connectivity index (χ4v) is 3.85. The van der Waals surface area contributed by atoms with Gasteiger partial charge in [0.15, 0.2) is 6.04 Å². The number of rotatable bonds is 7. The molecule has 0 radical (unpaired) electrons. The van der Waals surface area contributed by atoms with Crippen molar-refractivity contribution in [2.75, 3.05) is 11.9 Å². The number of nitrogens with one attached hydrogen (secondary N) is 2. The van der Waals surface area contributed by atoms with Crippen molar-refractivity contribution in [3.8, 4) is 0 Å². The first-order valence-corrected chi connectivity index (χ1v) is 10.4. The Morgan fingerprint density at radius 2 is 1.67 bits per heavy atom. The summed E-state index contributed by atoms with van der Waals surface area (Å²) in [5, 5.41) is 6.38. The van der Waals surface area contributed by atoms with Crippen LogP contribution in [0, 0.1) is 6.92 Å². The highest BCUT2D eigenvalue weighted by atomic mass is 16.2. The largest absolute Gasteiger partial charge is 0.361 e. The number of para-hydroxylation sites is 1. The second-order valence-corrected chi connectivity index (χ2v) is 7.87. The SMILES string of the molecule is Cc1ccc(NC(=O)[C@@H](C)[NH2+]C[C@@H](c2ccccc2)c2c[nH]c3ccccc23)cc1. The Hall–Kier alpha value is -3.37. The third-order valence-electron chi connectivity index (χ3n) is 5.66. The van der Waals surface area contributed by atoms with Crippen molar-refractivity contribution < 1.29 is 10.1 Å². The summed E-state index contributed by atoms with van der Waals surface area (Å²) in [4.78, 5) is 16.1. The standard InChI is InChI=1S/C26H27N3O/c1-18-12-14-21(15-13-18)29-26(30)19(2)27-16-23(20-8-4-3-5-9-20)24-17-28-25-11-7-6-10-22(24)25/h3-15,17,19,23,27-28H,16H2,1-2H3,(H,29,30)/p+1/t19-,23+/m1/s1. The Morgan fingerprint density at radius 3 is 2.43 bits per heavy atom. The molecule has 3 aromatic carbocycles. The Kier molecular flexibility index (Phi) is 5.96. The molecule has 0 aliphatic rings. The van der Waals surface area contributed by atoms with Gasteiger partial charge in [-0.15, -0.1) is 0 Å². The van der Waals surface area contributed by atoms with E-state index in [1.165, 1.54) is 22.1 Å². The lowest BCUT2D eigenvalue weighted by Crippen LogP contribution is -2.92. The summed E-state index contributed by atoms with van der Waals surface area (Å²) < 4.78 is 0. The fourth-order valence-electron chi connectivity index (χ4n) is 3.85. The molecule has 4 aromatic rings. The van der Waals surface area contributed by atoms with Gasteiger partial charge in [0, 0.05) is 22.8 Å². The topological polar surface area (TPSA) is 61.5 Å². The molecule has 1 heterocycles. The number of carbonyl (C=O) groups is 1. The molecule has 0 spiro atoms. The lowest BCUT2D eigenvalue weighted by atomic mass is 9.90. The van der Waals surface area contributed by atoms with E-state index in [1.807, 2.05) is 50.2 Å². The Labute approximate surface area is 177 Å². The number of nitrogens with two attached hydrogens (primary N) is 1. The van der Waals surface area contributed by atoms with Gasteiger partial charge in [0.2, 0.25) is 0 Å². The smallest absolute Gasteiger partial charge is 0.282 e. The van der Waals surface area contributed by atoms with Crippen LogP contribution in [0.3, 0.4) is 0 Å². The summed E-state index contributed by atoms with van der Waals surface area (Å²) in [6.07, 6.45) is 2.10. The van der Waals surface area contributed by atoms with E-state index in [0.717, 1.165) is 17.7 Å². The minimum absolute atomic E-state index is 0.0181. The number of aryl methyl sites for hydroxylation is 1. The van der Waals surface area contributed by atoms with Gasteiger partial charge < -0.3 is 15.6 Å². The van der Waals surface area contributed by atoms with Crippen LogP contribution in [0.1, 0.15) is 29.5 Å². The van der Waals surface area contributed by atoms with Gasteiger partial charge in [-0.05, 0) is 43.2 Å². The molecule has 1 amide bonds. The number of anilines is 1. The molecule has 0 aliphatic heterocycles. The number of carbonyl (C=O) groups excluding carboxylic acids is 1. The molecular formula is C26H28N3O+. The first-order chi connectivity index (χ1) is 14.6. The first-order valence-electron chi connectivity index (χ1n) is 10.4. The molecule has 152 valence electrons. The van der Waals surface area contributed by atoms with Gasteiger partial charge in [0.05, 0.1) is 12.5 Å². The summed E-state index contributed by atoms with van der Waals surface area (Å²) in [7, 11) is 0. The van der Waals surface area contributed by atoms with Crippen molar-refractivity contribution >= 4 is 22.5 Å². The molecule has 4 heteroatoms. The van der Waals surface area contributed by atoms with Crippen LogP contribution in [0.2, 0.25) is 0 Å². The first kappa shape index (κ1) is 19.9. The predicted molar refractivity (Wildman–Crippen MR) is 123 cm³/mol. The van der Waals surface area contributed by atoms with Crippen LogP contribution < -0.4 is 10.6 Å². The molecule has 4 nitrogen and oxygen atoms in total. The highest BCUT2D eigenvalue weighted by molar-refractivity contribution is 5.93. The summed E-state index contributed by atoms with van der Waals surface area (Å²) in [5.74, 6) is 0.210. The zero-order valence-corrected chi connectivity index (χ0v) is 17.4. The number of hydrogen-bond donors (Lipinski definition) is 3. The van der Waals surface area contributed by atoms with Gasteiger partial charge in [0.25, 0.3) is 5.91 Å². The molecule has 0 aliphatic carbocycles. The molecule has 0 saturated carbocycles. The molecule has 0 saturated heterocycles. The summed E-state index contributed by atoms with van der Waals surface area (Å²) >= 11 is 0. The summed E-state index contributed by atoms with van der Waals surface area (Å²) in [6.45, 7) is 4.78. The van der Waals surface area contributed by atoms with E-state index < -0.39 is 0 Å². The third kappa shape index (κ3) is 4.44. The number of H-pyrrole nitrogens is 1. The molecule has 4 N–H and O–H groups in total. The lowest BCUT2D eigenvalue weighted by Gasteiger charge is -2.19. The van der Waals surface area contributed by atoms with Crippen LogP contribution in [0.4, 0.5) is 5.69 Å². The minimum atomic E-state index is -0.192. The molecule has 0 unspecified atom stereocenters. The van der Waals surface area contributed by atoms with Gasteiger partial charge in [0.1, 0.15) is 0 Å². The van der Waals surface area contributed by atoms with Crippen molar-refractivity contribution in [3.63, 3.8) is 0 Å².